The topological polar surface area (TPSA) is 74.8 Å². The van der Waals surface area contributed by atoms with E-state index < -0.39 is 23.4 Å². The first-order valence-corrected chi connectivity index (χ1v) is 16.6. The van der Waals surface area contributed by atoms with E-state index in [1.165, 1.54) is 18.6 Å². The Balaban J connectivity index is 1.26. The van der Waals surface area contributed by atoms with Crippen molar-refractivity contribution in [3.8, 4) is 11.1 Å². The van der Waals surface area contributed by atoms with Gasteiger partial charge in [-0.15, -0.1) is 0 Å². The number of aromatic nitrogens is 1. The second-order valence-corrected chi connectivity index (χ2v) is 13.5. The van der Waals surface area contributed by atoms with E-state index in [0.717, 1.165) is 65.6 Å². The van der Waals surface area contributed by atoms with Gasteiger partial charge in [-0.3, -0.25) is 4.98 Å². The number of rotatable bonds is 9. The van der Waals surface area contributed by atoms with Crippen molar-refractivity contribution in [2.45, 2.75) is 90.3 Å². The molecule has 1 heterocycles. The maximum absolute atomic E-state index is 13.4. The number of urea groups is 1. The van der Waals surface area contributed by atoms with Gasteiger partial charge in [-0.25, -0.2) is 9.59 Å². The SMILES string of the molecule is CC(C)(C)OC(=O)N(Cc1ccc(-c2ccc(CN(Cc3ccncc3)C(=O)Nc3ccc(C(F)(F)F)cc3)cc2)cc1)C1CCCCC1. The van der Waals surface area contributed by atoms with Gasteiger partial charge in [-0.1, -0.05) is 67.8 Å². The zero-order chi connectivity index (χ0) is 35.0. The number of nitrogens with one attached hydrogen (secondary N) is 1. The second-order valence-electron chi connectivity index (χ2n) is 13.5. The molecule has 0 bridgehead atoms. The predicted molar refractivity (Wildman–Crippen MR) is 184 cm³/mol. The smallest absolute Gasteiger partial charge is 0.416 e. The fraction of sp³-hybridized carbons (Fsp3) is 0.359. The van der Waals surface area contributed by atoms with E-state index in [0.29, 0.717) is 6.54 Å². The molecule has 0 atom stereocenters. The van der Waals surface area contributed by atoms with Crippen LogP contribution in [-0.2, 0) is 30.5 Å². The summed E-state index contributed by atoms with van der Waals surface area (Å²) in [6.07, 6.45) is 3.96. The third-order valence-electron chi connectivity index (χ3n) is 8.48. The molecule has 0 aliphatic heterocycles. The number of ether oxygens (including phenoxy) is 1. The molecule has 5 rings (SSSR count). The highest BCUT2D eigenvalue weighted by Gasteiger charge is 2.31. The number of anilines is 1. The van der Waals surface area contributed by atoms with Gasteiger partial charge in [0, 0.05) is 43.8 Å². The number of hydrogen-bond donors (Lipinski definition) is 1. The molecular weight excluding hydrogens is 629 g/mol. The average molecular weight is 673 g/mol. The molecule has 0 unspecified atom stereocenters. The summed E-state index contributed by atoms with van der Waals surface area (Å²) in [5.41, 5.74) is 3.72. The Hall–Kier alpha value is -4.86. The molecule has 0 radical (unpaired) electrons. The number of hydrogen-bond acceptors (Lipinski definition) is 4. The summed E-state index contributed by atoms with van der Waals surface area (Å²) in [4.78, 5) is 34.1. The van der Waals surface area contributed by atoms with Crippen LogP contribution in [0.25, 0.3) is 11.1 Å². The minimum atomic E-state index is -4.46. The average Bonchev–Trinajstić information content (AvgIpc) is 3.07. The lowest BCUT2D eigenvalue weighted by Gasteiger charge is -2.35. The highest BCUT2D eigenvalue weighted by atomic mass is 19.4. The van der Waals surface area contributed by atoms with E-state index in [-0.39, 0.29) is 30.9 Å². The van der Waals surface area contributed by atoms with Crippen molar-refractivity contribution in [2.75, 3.05) is 5.32 Å². The number of alkyl halides is 3. The number of carbonyl (C=O) groups is 2. The number of carbonyl (C=O) groups excluding carboxylic acids is 2. The van der Waals surface area contributed by atoms with Crippen LogP contribution in [0.4, 0.5) is 28.4 Å². The van der Waals surface area contributed by atoms with Crippen LogP contribution >= 0.6 is 0 Å². The highest BCUT2D eigenvalue weighted by molar-refractivity contribution is 5.89. The first-order valence-electron chi connectivity index (χ1n) is 16.6. The first-order chi connectivity index (χ1) is 23.3. The molecule has 1 fully saturated rings. The lowest BCUT2D eigenvalue weighted by molar-refractivity contribution is -0.137. The van der Waals surface area contributed by atoms with Crippen molar-refractivity contribution in [3.63, 3.8) is 0 Å². The molecule has 10 heteroatoms. The zero-order valence-corrected chi connectivity index (χ0v) is 28.2. The van der Waals surface area contributed by atoms with Crippen LogP contribution in [-0.4, -0.2) is 38.6 Å². The first kappa shape index (κ1) is 35.4. The Morgan fingerprint density at radius 3 is 1.76 bits per heavy atom. The van der Waals surface area contributed by atoms with Crippen LogP contribution in [0, 0.1) is 0 Å². The Morgan fingerprint density at radius 2 is 1.24 bits per heavy atom. The van der Waals surface area contributed by atoms with Crippen LogP contribution in [0.2, 0.25) is 0 Å². The number of benzene rings is 3. The zero-order valence-electron chi connectivity index (χ0n) is 28.2. The van der Waals surface area contributed by atoms with E-state index in [4.69, 9.17) is 4.74 Å². The summed E-state index contributed by atoms with van der Waals surface area (Å²) >= 11 is 0. The summed E-state index contributed by atoms with van der Waals surface area (Å²) in [5, 5.41) is 2.73. The van der Waals surface area contributed by atoms with E-state index in [9.17, 15) is 22.8 Å². The van der Waals surface area contributed by atoms with E-state index in [2.05, 4.69) is 10.3 Å². The maximum atomic E-state index is 13.4. The van der Waals surface area contributed by atoms with Crippen LogP contribution < -0.4 is 5.32 Å². The van der Waals surface area contributed by atoms with Crippen LogP contribution in [0.5, 0.6) is 0 Å². The third-order valence-corrected chi connectivity index (χ3v) is 8.48. The summed E-state index contributed by atoms with van der Waals surface area (Å²) in [6.45, 7) is 6.71. The van der Waals surface area contributed by atoms with Crippen molar-refractivity contribution in [1.82, 2.24) is 14.8 Å². The molecule has 1 N–H and O–H groups in total. The van der Waals surface area contributed by atoms with Crippen LogP contribution in [0.3, 0.4) is 0 Å². The lowest BCUT2D eigenvalue weighted by Crippen LogP contribution is -2.43. The summed E-state index contributed by atoms with van der Waals surface area (Å²) in [7, 11) is 0. The molecule has 0 saturated heterocycles. The van der Waals surface area contributed by atoms with Gasteiger partial charge in [0.2, 0.25) is 0 Å². The van der Waals surface area contributed by atoms with Crippen molar-refractivity contribution in [2.24, 2.45) is 0 Å². The molecule has 7 nitrogen and oxygen atoms in total. The van der Waals surface area contributed by atoms with Gasteiger partial charge in [0.1, 0.15) is 5.60 Å². The molecule has 0 spiro atoms. The van der Waals surface area contributed by atoms with Gasteiger partial charge in [-0.05, 0) is 97.8 Å². The molecule has 4 aromatic rings. The van der Waals surface area contributed by atoms with Gasteiger partial charge in [0.25, 0.3) is 0 Å². The summed E-state index contributed by atoms with van der Waals surface area (Å²) in [6, 6.07) is 23.8. The number of amides is 3. The molecule has 1 aliphatic carbocycles. The monoisotopic (exact) mass is 672 g/mol. The number of pyridine rings is 1. The van der Waals surface area contributed by atoms with Crippen LogP contribution in [0.1, 0.15) is 75.1 Å². The normalized spacial score (nSPS) is 13.8. The van der Waals surface area contributed by atoms with Crippen LogP contribution in [0.15, 0.2) is 97.3 Å². The molecule has 1 aliphatic rings. The molecule has 258 valence electrons. The molecule has 1 saturated carbocycles. The Bertz CT molecular complexity index is 1660. The van der Waals surface area contributed by atoms with Crippen molar-refractivity contribution < 1.29 is 27.5 Å². The van der Waals surface area contributed by atoms with Gasteiger partial charge >= 0.3 is 18.3 Å². The van der Waals surface area contributed by atoms with E-state index in [1.54, 1.807) is 17.3 Å². The van der Waals surface area contributed by atoms with Gasteiger partial charge < -0.3 is 19.9 Å². The minimum absolute atomic E-state index is 0.172. The molecule has 49 heavy (non-hydrogen) atoms. The largest absolute Gasteiger partial charge is 0.444 e. The standard InChI is InChI=1S/C39H43F3N4O3/c1-38(2,3)49-37(48)46(35-7-5-4-6-8-35)27-29-11-15-32(16-12-29)31-13-9-28(10-14-31)25-45(26-30-21-23-43-24-22-30)36(47)44-34-19-17-33(18-20-34)39(40,41)42/h9-24,35H,4-8,25-27H2,1-3H3,(H,44,47). The fourth-order valence-electron chi connectivity index (χ4n) is 5.93. The predicted octanol–water partition coefficient (Wildman–Crippen LogP) is 10.1. The molecule has 3 aromatic carbocycles. The maximum Gasteiger partial charge on any atom is 0.416 e. The lowest BCUT2D eigenvalue weighted by atomic mass is 9.94. The quantitative estimate of drug-likeness (QED) is 0.192. The van der Waals surface area contributed by atoms with E-state index >= 15 is 0 Å². The highest BCUT2D eigenvalue weighted by Crippen LogP contribution is 2.30. The summed E-state index contributed by atoms with van der Waals surface area (Å²) < 4.78 is 44.8. The molecule has 1 aromatic heterocycles. The fourth-order valence-corrected chi connectivity index (χ4v) is 5.93. The number of nitrogens with zero attached hydrogens (tertiary/aromatic N) is 3. The van der Waals surface area contributed by atoms with Gasteiger partial charge in [-0.2, -0.15) is 13.2 Å². The Labute approximate surface area is 286 Å². The second kappa shape index (κ2) is 15.6. The third kappa shape index (κ3) is 10.3. The molecular formula is C39H43F3N4O3. The van der Waals surface area contributed by atoms with Crippen molar-refractivity contribution in [1.29, 1.82) is 0 Å². The Morgan fingerprint density at radius 1 is 0.735 bits per heavy atom. The van der Waals surface area contributed by atoms with Gasteiger partial charge in [0.05, 0.1) is 5.56 Å². The Kier molecular flexibility index (Phi) is 11.3. The van der Waals surface area contributed by atoms with Crippen molar-refractivity contribution in [3.05, 3.63) is 120 Å². The minimum Gasteiger partial charge on any atom is -0.444 e. The van der Waals surface area contributed by atoms with E-state index in [1.807, 2.05) is 86.3 Å². The number of halogens is 3. The molecule has 3 amide bonds. The van der Waals surface area contributed by atoms with Crippen molar-refractivity contribution >= 4 is 17.8 Å². The van der Waals surface area contributed by atoms with Gasteiger partial charge in [0.15, 0.2) is 0 Å². The summed E-state index contributed by atoms with van der Waals surface area (Å²) in [5.74, 6) is 0.